The van der Waals surface area contributed by atoms with Gasteiger partial charge in [-0.15, -0.1) is 0 Å². The highest BCUT2D eigenvalue weighted by atomic mass is 16.5. The van der Waals surface area contributed by atoms with Crippen molar-refractivity contribution in [2.75, 3.05) is 26.8 Å². The second-order valence-corrected chi connectivity index (χ2v) is 3.79. The fourth-order valence-corrected chi connectivity index (χ4v) is 1.45. The molecule has 0 aliphatic carbocycles. The SMILES string of the molecule is COCCCCNCC(O)Cn1cccn1. The Morgan fingerprint density at radius 3 is 3.06 bits per heavy atom. The lowest BCUT2D eigenvalue weighted by atomic mass is 10.3. The minimum Gasteiger partial charge on any atom is -0.390 e. The van der Waals surface area contributed by atoms with Crippen molar-refractivity contribution in [3.8, 4) is 0 Å². The third-order valence-electron chi connectivity index (χ3n) is 2.29. The van der Waals surface area contributed by atoms with E-state index in [2.05, 4.69) is 10.4 Å². The van der Waals surface area contributed by atoms with Crippen LogP contribution in [0.15, 0.2) is 18.5 Å². The van der Waals surface area contributed by atoms with Crippen LogP contribution in [-0.2, 0) is 11.3 Å². The van der Waals surface area contributed by atoms with Gasteiger partial charge < -0.3 is 15.2 Å². The number of aromatic nitrogens is 2. The molecule has 1 atom stereocenters. The van der Waals surface area contributed by atoms with E-state index in [9.17, 15) is 5.11 Å². The van der Waals surface area contributed by atoms with E-state index in [0.717, 1.165) is 26.0 Å². The Hall–Kier alpha value is -0.910. The smallest absolute Gasteiger partial charge is 0.0860 e. The summed E-state index contributed by atoms with van der Waals surface area (Å²) in [4.78, 5) is 0. The average molecular weight is 227 g/mol. The Morgan fingerprint density at radius 2 is 2.38 bits per heavy atom. The molecule has 1 rings (SSSR count). The molecule has 0 radical (unpaired) electrons. The van der Waals surface area contributed by atoms with E-state index in [4.69, 9.17) is 4.74 Å². The van der Waals surface area contributed by atoms with Crippen LogP contribution in [0.3, 0.4) is 0 Å². The summed E-state index contributed by atoms with van der Waals surface area (Å²) in [5.41, 5.74) is 0. The number of ether oxygens (including phenoxy) is 1. The van der Waals surface area contributed by atoms with Gasteiger partial charge in [-0.1, -0.05) is 0 Å². The Balaban J connectivity index is 1.96. The zero-order valence-electron chi connectivity index (χ0n) is 9.80. The number of aliphatic hydroxyl groups is 1. The molecular formula is C11H21N3O2. The predicted octanol–water partition coefficient (Wildman–Crippen LogP) is 0.260. The van der Waals surface area contributed by atoms with Crippen molar-refractivity contribution < 1.29 is 9.84 Å². The summed E-state index contributed by atoms with van der Waals surface area (Å²) in [5, 5.41) is 16.9. The van der Waals surface area contributed by atoms with E-state index in [1.165, 1.54) is 0 Å². The molecule has 1 heterocycles. The Kier molecular flexibility index (Phi) is 6.80. The molecule has 0 saturated carbocycles. The molecule has 16 heavy (non-hydrogen) atoms. The molecule has 0 aromatic carbocycles. The van der Waals surface area contributed by atoms with Gasteiger partial charge in [-0.3, -0.25) is 4.68 Å². The summed E-state index contributed by atoms with van der Waals surface area (Å²) in [7, 11) is 1.71. The van der Waals surface area contributed by atoms with Gasteiger partial charge in [0.1, 0.15) is 0 Å². The van der Waals surface area contributed by atoms with Crippen molar-refractivity contribution in [2.45, 2.75) is 25.5 Å². The van der Waals surface area contributed by atoms with Crippen LogP contribution in [0.5, 0.6) is 0 Å². The summed E-state index contributed by atoms with van der Waals surface area (Å²) < 4.78 is 6.68. The number of unbranched alkanes of at least 4 members (excludes halogenated alkanes) is 1. The Bertz CT molecular complexity index is 252. The number of hydrogen-bond acceptors (Lipinski definition) is 4. The first-order valence-corrected chi connectivity index (χ1v) is 5.68. The normalized spacial score (nSPS) is 12.9. The molecule has 0 aliphatic rings. The number of aliphatic hydroxyl groups excluding tert-OH is 1. The average Bonchev–Trinajstić information content (AvgIpc) is 2.76. The van der Waals surface area contributed by atoms with Crippen LogP contribution in [0.1, 0.15) is 12.8 Å². The molecule has 0 aliphatic heterocycles. The number of methoxy groups -OCH3 is 1. The third kappa shape index (κ3) is 5.85. The summed E-state index contributed by atoms with van der Waals surface area (Å²) in [6, 6.07) is 1.85. The van der Waals surface area contributed by atoms with E-state index in [1.807, 2.05) is 12.3 Å². The van der Waals surface area contributed by atoms with Gasteiger partial charge >= 0.3 is 0 Å². The van der Waals surface area contributed by atoms with Gasteiger partial charge in [-0.25, -0.2) is 0 Å². The van der Waals surface area contributed by atoms with Gasteiger partial charge in [0, 0.05) is 32.7 Å². The second kappa shape index (κ2) is 8.27. The lowest BCUT2D eigenvalue weighted by Crippen LogP contribution is -2.31. The maximum atomic E-state index is 9.68. The number of hydrogen-bond donors (Lipinski definition) is 2. The van der Waals surface area contributed by atoms with Crippen molar-refractivity contribution in [3.63, 3.8) is 0 Å². The first-order chi connectivity index (χ1) is 7.83. The van der Waals surface area contributed by atoms with Gasteiger partial charge in [0.15, 0.2) is 0 Å². The van der Waals surface area contributed by atoms with Crippen LogP contribution in [0.25, 0.3) is 0 Å². The van der Waals surface area contributed by atoms with Crippen molar-refractivity contribution in [2.24, 2.45) is 0 Å². The number of nitrogens with one attached hydrogen (secondary N) is 1. The largest absolute Gasteiger partial charge is 0.390 e. The topological polar surface area (TPSA) is 59.3 Å². The first-order valence-electron chi connectivity index (χ1n) is 5.68. The Labute approximate surface area is 96.4 Å². The lowest BCUT2D eigenvalue weighted by Gasteiger charge is -2.11. The molecule has 0 saturated heterocycles. The van der Waals surface area contributed by atoms with Crippen molar-refractivity contribution in [1.29, 1.82) is 0 Å². The van der Waals surface area contributed by atoms with E-state index >= 15 is 0 Å². The van der Waals surface area contributed by atoms with Crippen LogP contribution in [-0.4, -0.2) is 47.8 Å². The predicted molar refractivity (Wildman–Crippen MR) is 62.2 cm³/mol. The molecule has 5 heteroatoms. The fourth-order valence-electron chi connectivity index (χ4n) is 1.45. The summed E-state index contributed by atoms with van der Waals surface area (Å²) in [6.45, 7) is 2.86. The highest BCUT2D eigenvalue weighted by Gasteiger charge is 2.03. The van der Waals surface area contributed by atoms with Crippen LogP contribution < -0.4 is 5.32 Å². The van der Waals surface area contributed by atoms with Gasteiger partial charge in [-0.05, 0) is 25.5 Å². The van der Waals surface area contributed by atoms with Crippen LogP contribution in [0.2, 0.25) is 0 Å². The first kappa shape index (κ1) is 13.2. The molecule has 0 fully saturated rings. The van der Waals surface area contributed by atoms with E-state index in [-0.39, 0.29) is 6.10 Å². The van der Waals surface area contributed by atoms with Crippen LogP contribution >= 0.6 is 0 Å². The summed E-state index contributed by atoms with van der Waals surface area (Å²) in [6.07, 6.45) is 5.30. The zero-order chi connectivity index (χ0) is 11.6. The molecule has 2 N–H and O–H groups in total. The summed E-state index contributed by atoms with van der Waals surface area (Å²) >= 11 is 0. The monoisotopic (exact) mass is 227 g/mol. The van der Waals surface area contributed by atoms with Crippen LogP contribution in [0.4, 0.5) is 0 Å². The van der Waals surface area contributed by atoms with E-state index in [0.29, 0.717) is 13.1 Å². The quantitative estimate of drug-likeness (QED) is 0.594. The number of rotatable bonds is 9. The maximum absolute atomic E-state index is 9.68. The minimum atomic E-state index is -0.387. The van der Waals surface area contributed by atoms with Gasteiger partial charge in [-0.2, -0.15) is 5.10 Å². The molecular weight excluding hydrogens is 206 g/mol. The van der Waals surface area contributed by atoms with E-state index in [1.54, 1.807) is 18.0 Å². The van der Waals surface area contributed by atoms with Gasteiger partial charge in [0.05, 0.1) is 12.6 Å². The van der Waals surface area contributed by atoms with Crippen molar-refractivity contribution in [3.05, 3.63) is 18.5 Å². The van der Waals surface area contributed by atoms with Crippen molar-refractivity contribution >= 4 is 0 Å². The molecule has 1 aromatic heterocycles. The van der Waals surface area contributed by atoms with Gasteiger partial charge in [0.25, 0.3) is 0 Å². The highest BCUT2D eigenvalue weighted by Crippen LogP contribution is 1.91. The second-order valence-electron chi connectivity index (χ2n) is 3.79. The minimum absolute atomic E-state index is 0.387. The highest BCUT2D eigenvalue weighted by molar-refractivity contribution is 4.78. The molecule has 0 spiro atoms. The molecule has 0 bridgehead atoms. The fraction of sp³-hybridized carbons (Fsp3) is 0.727. The molecule has 1 unspecified atom stereocenters. The third-order valence-corrected chi connectivity index (χ3v) is 2.29. The van der Waals surface area contributed by atoms with E-state index < -0.39 is 0 Å². The molecule has 5 nitrogen and oxygen atoms in total. The lowest BCUT2D eigenvalue weighted by molar-refractivity contribution is 0.146. The number of nitrogens with zero attached hydrogens (tertiary/aromatic N) is 2. The standard InChI is InChI=1S/C11H21N3O2/c1-16-8-3-2-5-12-9-11(15)10-14-7-4-6-13-14/h4,6-7,11-12,15H,2-3,5,8-10H2,1H3. The zero-order valence-corrected chi connectivity index (χ0v) is 9.80. The summed E-state index contributed by atoms with van der Waals surface area (Å²) in [5.74, 6) is 0. The van der Waals surface area contributed by atoms with Crippen LogP contribution in [0, 0.1) is 0 Å². The maximum Gasteiger partial charge on any atom is 0.0860 e. The Morgan fingerprint density at radius 1 is 1.50 bits per heavy atom. The molecule has 1 aromatic rings. The van der Waals surface area contributed by atoms with Gasteiger partial charge in [0.2, 0.25) is 0 Å². The molecule has 0 amide bonds. The molecule has 92 valence electrons. The van der Waals surface area contributed by atoms with Crippen molar-refractivity contribution in [1.82, 2.24) is 15.1 Å².